The van der Waals surface area contributed by atoms with Gasteiger partial charge in [-0.15, -0.1) is 0 Å². The summed E-state index contributed by atoms with van der Waals surface area (Å²) in [6.45, 7) is 1.81. The van der Waals surface area contributed by atoms with Crippen LogP contribution in [0.2, 0.25) is 0 Å². The summed E-state index contributed by atoms with van der Waals surface area (Å²) in [5.41, 5.74) is 5.67. The monoisotopic (exact) mass is 283 g/mol. The number of nitrogens with one attached hydrogen (secondary N) is 1. The molecule has 0 spiro atoms. The second-order valence-corrected chi connectivity index (χ2v) is 5.46. The first-order valence-corrected chi connectivity index (χ1v) is 6.97. The molecule has 2 aromatic rings. The van der Waals surface area contributed by atoms with Crippen molar-refractivity contribution in [3.05, 3.63) is 30.0 Å². The lowest BCUT2D eigenvalue weighted by molar-refractivity contribution is 0.375. The molecule has 19 heavy (non-hydrogen) atoms. The van der Waals surface area contributed by atoms with Crippen molar-refractivity contribution in [3.63, 3.8) is 0 Å². The molecular weight excluding hydrogens is 270 g/mol. The minimum absolute atomic E-state index is 0.101. The average Bonchev–Trinajstić information content (AvgIpc) is 2.75. The molecule has 0 radical (unpaired) electrons. The summed E-state index contributed by atoms with van der Waals surface area (Å²) in [5, 5.41) is 3.42. The van der Waals surface area contributed by atoms with Crippen LogP contribution in [0.15, 0.2) is 27.9 Å². The molecule has 0 aromatic carbocycles. The van der Waals surface area contributed by atoms with E-state index in [1.165, 1.54) is 12.3 Å². The van der Waals surface area contributed by atoms with Crippen LogP contribution in [0, 0.1) is 6.92 Å². The number of nitrogens with zero attached hydrogens (tertiary/aromatic N) is 3. The molecule has 0 fully saturated rings. The van der Waals surface area contributed by atoms with Crippen LogP contribution in [0.25, 0.3) is 0 Å². The predicted molar refractivity (Wildman–Crippen MR) is 66.6 cm³/mol. The number of hydrogen-bond acceptors (Lipinski definition) is 7. The second-order valence-electron chi connectivity index (χ2n) is 3.78. The molecule has 0 aliphatic rings. The molecule has 0 saturated heterocycles. The average molecular weight is 283 g/mol. The number of pyridine rings is 1. The van der Waals surface area contributed by atoms with E-state index in [1.807, 2.05) is 0 Å². The normalized spacial score (nSPS) is 11.6. The van der Waals surface area contributed by atoms with Gasteiger partial charge in [0.15, 0.2) is 10.9 Å². The zero-order valence-electron chi connectivity index (χ0n) is 10.2. The van der Waals surface area contributed by atoms with Crippen molar-refractivity contribution in [3.8, 4) is 0 Å². The van der Waals surface area contributed by atoms with Crippen LogP contribution in [-0.4, -0.2) is 30.1 Å². The van der Waals surface area contributed by atoms with Gasteiger partial charge in [0.2, 0.25) is 5.89 Å². The van der Waals surface area contributed by atoms with Crippen molar-refractivity contribution >= 4 is 15.7 Å². The highest BCUT2D eigenvalue weighted by molar-refractivity contribution is 7.89. The molecule has 2 aromatic heterocycles. The van der Waals surface area contributed by atoms with E-state index in [9.17, 15) is 8.42 Å². The van der Waals surface area contributed by atoms with Crippen molar-refractivity contribution in [1.29, 1.82) is 0 Å². The Morgan fingerprint density at radius 2 is 2.26 bits per heavy atom. The number of nitrogen functional groups attached to an aromatic ring is 1. The van der Waals surface area contributed by atoms with Crippen LogP contribution < -0.4 is 10.5 Å². The van der Waals surface area contributed by atoms with Crippen LogP contribution in [0.3, 0.4) is 0 Å². The SMILES string of the molecule is Cc1noc(CCNS(=O)(=O)c2ncccc2N)n1. The van der Waals surface area contributed by atoms with Gasteiger partial charge < -0.3 is 10.3 Å². The summed E-state index contributed by atoms with van der Waals surface area (Å²) in [7, 11) is -3.73. The number of aromatic nitrogens is 3. The third-order valence-corrected chi connectivity index (χ3v) is 3.69. The van der Waals surface area contributed by atoms with Crippen LogP contribution in [0.4, 0.5) is 5.69 Å². The van der Waals surface area contributed by atoms with Crippen molar-refractivity contribution in [1.82, 2.24) is 19.8 Å². The predicted octanol–water partition coefficient (Wildman–Crippen LogP) is -0.124. The maximum Gasteiger partial charge on any atom is 0.260 e. The zero-order valence-corrected chi connectivity index (χ0v) is 11.0. The van der Waals surface area contributed by atoms with E-state index in [2.05, 4.69) is 19.8 Å². The number of aryl methyl sites for hydroxylation is 1. The molecule has 0 aliphatic carbocycles. The Bertz CT molecular complexity index is 667. The van der Waals surface area contributed by atoms with E-state index in [0.29, 0.717) is 18.1 Å². The molecule has 3 N–H and O–H groups in total. The Hall–Kier alpha value is -2.00. The van der Waals surface area contributed by atoms with Gasteiger partial charge >= 0.3 is 0 Å². The molecule has 8 nitrogen and oxygen atoms in total. The van der Waals surface area contributed by atoms with Gasteiger partial charge in [-0.25, -0.2) is 18.1 Å². The standard InChI is InChI=1S/C10H13N5O3S/c1-7-14-9(18-15-7)4-6-13-19(16,17)10-8(11)3-2-5-12-10/h2-3,5,13H,4,6,11H2,1H3. The Labute approximate surface area is 110 Å². The minimum atomic E-state index is -3.73. The lowest BCUT2D eigenvalue weighted by Crippen LogP contribution is -2.27. The first kappa shape index (κ1) is 13.4. The fourth-order valence-corrected chi connectivity index (χ4v) is 2.52. The molecule has 0 bridgehead atoms. The highest BCUT2D eigenvalue weighted by atomic mass is 32.2. The van der Waals surface area contributed by atoms with E-state index in [0.717, 1.165) is 0 Å². The molecule has 102 valence electrons. The van der Waals surface area contributed by atoms with Crippen molar-refractivity contribution in [2.75, 3.05) is 12.3 Å². The first-order chi connectivity index (χ1) is 8.99. The molecule has 0 saturated carbocycles. The Kier molecular flexibility index (Phi) is 3.76. The Morgan fingerprint density at radius 1 is 1.47 bits per heavy atom. The summed E-state index contributed by atoms with van der Waals surface area (Å²) >= 11 is 0. The topological polar surface area (TPSA) is 124 Å². The van der Waals surface area contributed by atoms with Gasteiger partial charge in [0.05, 0.1) is 5.69 Å². The summed E-state index contributed by atoms with van der Waals surface area (Å²) in [6, 6.07) is 3.04. The van der Waals surface area contributed by atoms with E-state index < -0.39 is 10.0 Å². The summed E-state index contributed by atoms with van der Waals surface area (Å²) in [4.78, 5) is 7.72. The van der Waals surface area contributed by atoms with Gasteiger partial charge in [-0.2, -0.15) is 4.98 Å². The van der Waals surface area contributed by atoms with Gasteiger partial charge in [0, 0.05) is 19.2 Å². The molecule has 0 amide bonds. The molecule has 0 aliphatic heterocycles. The van der Waals surface area contributed by atoms with E-state index in [4.69, 9.17) is 10.3 Å². The van der Waals surface area contributed by atoms with Crippen molar-refractivity contribution < 1.29 is 12.9 Å². The van der Waals surface area contributed by atoms with Gasteiger partial charge in [-0.3, -0.25) is 0 Å². The number of sulfonamides is 1. The number of rotatable bonds is 5. The second kappa shape index (κ2) is 5.33. The Morgan fingerprint density at radius 3 is 2.89 bits per heavy atom. The number of anilines is 1. The molecule has 2 heterocycles. The van der Waals surface area contributed by atoms with E-state index >= 15 is 0 Å². The summed E-state index contributed by atoms with van der Waals surface area (Å²) < 4.78 is 31.1. The Balaban J connectivity index is 2.01. The van der Waals surface area contributed by atoms with Crippen molar-refractivity contribution in [2.45, 2.75) is 18.4 Å². The molecule has 2 rings (SSSR count). The minimum Gasteiger partial charge on any atom is -0.396 e. The largest absolute Gasteiger partial charge is 0.396 e. The fourth-order valence-electron chi connectivity index (χ4n) is 1.43. The van der Waals surface area contributed by atoms with Crippen molar-refractivity contribution in [2.24, 2.45) is 0 Å². The smallest absolute Gasteiger partial charge is 0.260 e. The highest BCUT2D eigenvalue weighted by Crippen LogP contribution is 2.13. The van der Waals surface area contributed by atoms with Crippen LogP contribution >= 0.6 is 0 Å². The number of hydrogen-bond donors (Lipinski definition) is 2. The molecule has 0 atom stereocenters. The number of nitrogens with two attached hydrogens (primary N) is 1. The molecule has 0 unspecified atom stereocenters. The van der Waals surface area contributed by atoms with Crippen LogP contribution in [0.1, 0.15) is 11.7 Å². The van der Waals surface area contributed by atoms with Gasteiger partial charge in [-0.05, 0) is 19.1 Å². The van der Waals surface area contributed by atoms with Crippen LogP contribution in [-0.2, 0) is 16.4 Å². The summed E-state index contributed by atoms with van der Waals surface area (Å²) in [6.07, 6.45) is 1.67. The maximum atomic E-state index is 11.9. The first-order valence-electron chi connectivity index (χ1n) is 5.48. The third kappa shape index (κ3) is 3.26. The summed E-state index contributed by atoms with van der Waals surface area (Å²) in [5.74, 6) is 0.876. The van der Waals surface area contributed by atoms with Gasteiger partial charge in [0.25, 0.3) is 10.0 Å². The zero-order chi connectivity index (χ0) is 13.9. The van der Waals surface area contributed by atoms with Gasteiger partial charge in [0.1, 0.15) is 0 Å². The van der Waals surface area contributed by atoms with E-state index in [-0.39, 0.29) is 17.3 Å². The lowest BCUT2D eigenvalue weighted by atomic mass is 10.4. The molecular formula is C10H13N5O3S. The maximum absolute atomic E-state index is 11.9. The van der Waals surface area contributed by atoms with Crippen LogP contribution in [0.5, 0.6) is 0 Å². The fraction of sp³-hybridized carbons (Fsp3) is 0.300. The lowest BCUT2D eigenvalue weighted by Gasteiger charge is -2.06. The third-order valence-electron chi connectivity index (χ3n) is 2.26. The van der Waals surface area contributed by atoms with Gasteiger partial charge in [-0.1, -0.05) is 5.16 Å². The molecule has 9 heteroatoms. The van der Waals surface area contributed by atoms with E-state index in [1.54, 1.807) is 13.0 Å². The quantitative estimate of drug-likeness (QED) is 0.783. The highest BCUT2D eigenvalue weighted by Gasteiger charge is 2.18.